The fourth-order valence-electron chi connectivity index (χ4n) is 1.80. The summed E-state index contributed by atoms with van der Waals surface area (Å²) in [4.78, 5) is 22.9. The molecule has 0 saturated carbocycles. The first-order valence-corrected chi connectivity index (χ1v) is 6.62. The van der Waals surface area contributed by atoms with Crippen LogP contribution < -0.4 is 10.1 Å². The van der Waals surface area contributed by atoms with Gasteiger partial charge in [-0.1, -0.05) is 6.07 Å². The van der Waals surface area contributed by atoms with Crippen LogP contribution in [0.15, 0.2) is 48.5 Å². The van der Waals surface area contributed by atoms with Gasteiger partial charge in [-0.25, -0.2) is 0 Å². The number of nitrogens with zero attached hydrogens (tertiary/aromatic N) is 1. The van der Waals surface area contributed by atoms with Crippen molar-refractivity contribution >= 4 is 17.4 Å². The average Bonchev–Trinajstić information content (AvgIpc) is 2.53. The van der Waals surface area contributed by atoms with Crippen LogP contribution in [0.25, 0.3) is 0 Å². The number of Topliss-reactive ketones (excluding diaryl/α,β-unsaturated/α-hetero) is 1. The maximum atomic E-state index is 11.8. The van der Waals surface area contributed by atoms with E-state index in [2.05, 4.69) is 5.32 Å². The molecule has 0 fully saturated rings. The first-order chi connectivity index (χ1) is 10.6. The molecule has 0 aliphatic rings. The Balaban J connectivity index is 1.89. The molecule has 1 amide bonds. The minimum atomic E-state index is -0.328. The minimum Gasteiger partial charge on any atom is -0.484 e. The van der Waals surface area contributed by atoms with E-state index in [1.54, 1.807) is 48.5 Å². The third kappa shape index (κ3) is 4.18. The van der Waals surface area contributed by atoms with E-state index in [9.17, 15) is 9.59 Å². The zero-order valence-corrected chi connectivity index (χ0v) is 12.0. The van der Waals surface area contributed by atoms with E-state index in [0.29, 0.717) is 22.6 Å². The molecule has 1 N–H and O–H groups in total. The van der Waals surface area contributed by atoms with E-state index < -0.39 is 0 Å². The number of amides is 1. The van der Waals surface area contributed by atoms with Crippen LogP contribution in [-0.2, 0) is 4.79 Å². The molecule has 0 bridgehead atoms. The van der Waals surface area contributed by atoms with Crippen molar-refractivity contribution in [3.8, 4) is 11.8 Å². The van der Waals surface area contributed by atoms with Crippen molar-refractivity contribution in [1.82, 2.24) is 0 Å². The Hall–Kier alpha value is -3.13. The van der Waals surface area contributed by atoms with Crippen LogP contribution in [0.2, 0.25) is 0 Å². The molecule has 110 valence electrons. The Kier molecular flexibility index (Phi) is 4.89. The summed E-state index contributed by atoms with van der Waals surface area (Å²) in [7, 11) is 0. The lowest BCUT2D eigenvalue weighted by atomic mass is 10.1. The molecule has 2 rings (SSSR count). The predicted octanol–water partition coefficient (Wildman–Crippen LogP) is 2.78. The number of anilines is 1. The Bertz CT molecular complexity index is 730. The number of hydrogen-bond donors (Lipinski definition) is 1. The smallest absolute Gasteiger partial charge is 0.262 e. The predicted molar refractivity (Wildman–Crippen MR) is 81.7 cm³/mol. The molecule has 0 spiro atoms. The average molecular weight is 294 g/mol. The van der Waals surface area contributed by atoms with Crippen LogP contribution in [0.5, 0.6) is 5.75 Å². The first-order valence-electron chi connectivity index (χ1n) is 6.62. The summed E-state index contributed by atoms with van der Waals surface area (Å²) >= 11 is 0. The molecule has 22 heavy (non-hydrogen) atoms. The summed E-state index contributed by atoms with van der Waals surface area (Å²) in [5, 5.41) is 11.4. The minimum absolute atomic E-state index is 0.0262. The lowest BCUT2D eigenvalue weighted by Gasteiger charge is -2.08. The number of carbonyl (C=O) groups is 2. The fraction of sp³-hybridized carbons (Fsp3) is 0.118. The molecule has 0 radical (unpaired) electrons. The number of rotatable bonds is 5. The molecule has 5 heteroatoms. The molecular weight excluding hydrogens is 280 g/mol. The van der Waals surface area contributed by atoms with E-state index in [4.69, 9.17) is 10.00 Å². The summed E-state index contributed by atoms with van der Waals surface area (Å²) < 4.78 is 5.34. The van der Waals surface area contributed by atoms with Gasteiger partial charge in [0.05, 0.1) is 11.6 Å². The van der Waals surface area contributed by atoms with Gasteiger partial charge < -0.3 is 10.1 Å². The van der Waals surface area contributed by atoms with E-state index >= 15 is 0 Å². The third-order valence-corrected chi connectivity index (χ3v) is 2.91. The zero-order valence-electron chi connectivity index (χ0n) is 12.0. The lowest BCUT2D eigenvalue weighted by Crippen LogP contribution is -2.20. The van der Waals surface area contributed by atoms with Crippen LogP contribution in [-0.4, -0.2) is 18.3 Å². The van der Waals surface area contributed by atoms with Crippen LogP contribution in [0.3, 0.4) is 0 Å². The van der Waals surface area contributed by atoms with Gasteiger partial charge >= 0.3 is 0 Å². The van der Waals surface area contributed by atoms with Gasteiger partial charge in [-0.3, -0.25) is 9.59 Å². The maximum Gasteiger partial charge on any atom is 0.262 e. The Labute approximate surface area is 128 Å². The normalized spacial score (nSPS) is 9.64. The number of ketones is 1. The number of carbonyl (C=O) groups excluding carboxylic acids is 2. The first kappa shape index (κ1) is 15.3. The monoisotopic (exact) mass is 294 g/mol. The van der Waals surface area contributed by atoms with Crippen molar-refractivity contribution in [3.05, 3.63) is 59.7 Å². The van der Waals surface area contributed by atoms with Gasteiger partial charge in [0, 0.05) is 11.3 Å². The Morgan fingerprint density at radius 3 is 2.55 bits per heavy atom. The summed E-state index contributed by atoms with van der Waals surface area (Å²) in [6.45, 7) is 1.33. The summed E-state index contributed by atoms with van der Waals surface area (Å²) in [5.41, 5.74) is 1.60. The van der Waals surface area contributed by atoms with Crippen molar-refractivity contribution in [2.75, 3.05) is 11.9 Å². The Morgan fingerprint density at radius 2 is 1.91 bits per heavy atom. The van der Waals surface area contributed by atoms with E-state index in [0.717, 1.165) is 0 Å². The summed E-state index contributed by atoms with van der Waals surface area (Å²) in [5.74, 6) is 0.151. The number of nitrogens with one attached hydrogen (secondary N) is 1. The van der Waals surface area contributed by atoms with Crippen molar-refractivity contribution in [1.29, 1.82) is 5.26 Å². The highest BCUT2D eigenvalue weighted by Gasteiger charge is 2.05. The number of nitriles is 1. The van der Waals surface area contributed by atoms with Crippen molar-refractivity contribution in [3.63, 3.8) is 0 Å². The van der Waals surface area contributed by atoms with Gasteiger partial charge in [0.15, 0.2) is 12.4 Å². The second-order valence-corrected chi connectivity index (χ2v) is 4.61. The second-order valence-electron chi connectivity index (χ2n) is 4.61. The van der Waals surface area contributed by atoms with Crippen molar-refractivity contribution in [2.45, 2.75) is 6.92 Å². The fourth-order valence-corrected chi connectivity index (χ4v) is 1.80. The topological polar surface area (TPSA) is 79.2 Å². The molecule has 0 unspecified atom stereocenters. The molecule has 2 aromatic rings. The quantitative estimate of drug-likeness (QED) is 0.860. The zero-order chi connectivity index (χ0) is 15.9. The van der Waals surface area contributed by atoms with Gasteiger partial charge in [-0.05, 0) is 49.4 Å². The molecule has 0 aliphatic heterocycles. The summed E-state index contributed by atoms with van der Waals surface area (Å²) in [6.07, 6.45) is 0. The highest BCUT2D eigenvalue weighted by Crippen LogP contribution is 2.13. The number of benzene rings is 2. The van der Waals surface area contributed by atoms with Crippen LogP contribution >= 0.6 is 0 Å². The standard InChI is InChI=1S/C17H14N2O3/c1-12(20)14-5-7-16(8-6-14)22-11-17(21)19-15-4-2-3-13(9-15)10-18/h2-9H,11H2,1H3,(H,19,21). The second kappa shape index (κ2) is 7.04. The van der Waals surface area contributed by atoms with Crippen LogP contribution in [0, 0.1) is 11.3 Å². The van der Waals surface area contributed by atoms with E-state index in [1.165, 1.54) is 6.92 Å². The molecule has 5 nitrogen and oxygen atoms in total. The summed E-state index contributed by atoms with van der Waals surface area (Å²) in [6, 6.07) is 15.2. The van der Waals surface area contributed by atoms with Gasteiger partial charge in [0.1, 0.15) is 5.75 Å². The molecule has 0 heterocycles. The molecule has 0 aromatic heterocycles. The van der Waals surface area contributed by atoms with Crippen molar-refractivity contribution < 1.29 is 14.3 Å². The third-order valence-electron chi connectivity index (χ3n) is 2.91. The molecular formula is C17H14N2O3. The number of ether oxygens (including phenoxy) is 1. The molecule has 0 aliphatic carbocycles. The van der Waals surface area contributed by atoms with Crippen LogP contribution in [0.4, 0.5) is 5.69 Å². The largest absolute Gasteiger partial charge is 0.484 e. The molecule has 2 aromatic carbocycles. The van der Waals surface area contributed by atoms with E-state index in [-0.39, 0.29) is 18.3 Å². The van der Waals surface area contributed by atoms with Gasteiger partial charge in [-0.2, -0.15) is 5.26 Å². The lowest BCUT2D eigenvalue weighted by molar-refractivity contribution is -0.118. The SMILES string of the molecule is CC(=O)c1ccc(OCC(=O)Nc2cccc(C#N)c2)cc1. The van der Waals surface area contributed by atoms with Crippen LogP contribution in [0.1, 0.15) is 22.8 Å². The van der Waals surface area contributed by atoms with Gasteiger partial charge in [0.25, 0.3) is 5.91 Å². The van der Waals surface area contributed by atoms with Crippen molar-refractivity contribution in [2.24, 2.45) is 0 Å². The van der Waals surface area contributed by atoms with E-state index in [1.807, 2.05) is 6.07 Å². The number of hydrogen-bond acceptors (Lipinski definition) is 4. The maximum absolute atomic E-state index is 11.8. The highest BCUT2D eigenvalue weighted by molar-refractivity contribution is 5.94. The molecule has 0 atom stereocenters. The van der Waals surface area contributed by atoms with Gasteiger partial charge in [0.2, 0.25) is 0 Å². The Morgan fingerprint density at radius 1 is 1.18 bits per heavy atom. The highest BCUT2D eigenvalue weighted by atomic mass is 16.5. The van der Waals surface area contributed by atoms with Gasteiger partial charge in [-0.15, -0.1) is 0 Å². The molecule has 0 saturated heterocycles.